The molecular weight excluding hydrogens is 415 g/mol. The molecule has 0 aromatic carbocycles. The summed E-state index contributed by atoms with van der Waals surface area (Å²) in [6.45, 7) is 3.81. The Kier molecular flexibility index (Phi) is 11.3. The highest BCUT2D eigenvalue weighted by atomic mass is 35.5. The third-order valence-electron chi connectivity index (χ3n) is 5.62. The Bertz CT molecular complexity index is 631. The minimum absolute atomic E-state index is 0. The number of nitrogens with one attached hydrogen (secondary N) is 2. The van der Waals surface area contributed by atoms with Crippen LogP contribution in [0.15, 0.2) is 18.3 Å². The largest absolute Gasteiger partial charge is 0.469 e. The second kappa shape index (κ2) is 12.9. The van der Waals surface area contributed by atoms with Crippen molar-refractivity contribution in [3.05, 3.63) is 23.9 Å². The molecule has 3 rings (SSSR count). The number of pyridine rings is 1. The van der Waals surface area contributed by atoms with Gasteiger partial charge in [0.15, 0.2) is 0 Å². The zero-order chi connectivity index (χ0) is 19.1. The molecule has 0 unspecified atom stereocenters. The molecule has 2 N–H and O–H groups in total. The quantitative estimate of drug-likeness (QED) is 0.653. The van der Waals surface area contributed by atoms with Crippen molar-refractivity contribution in [1.29, 1.82) is 0 Å². The number of hydrogen-bond acceptors (Lipinski definition) is 6. The van der Waals surface area contributed by atoms with Crippen LogP contribution in [-0.2, 0) is 9.53 Å². The minimum atomic E-state index is -0.137. The number of carbonyl (C=O) groups excluding carboxylic acids is 2. The molecule has 9 heteroatoms. The Morgan fingerprint density at radius 1 is 1.17 bits per heavy atom. The van der Waals surface area contributed by atoms with Gasteiger partial charge in [-0.05, 0) is 50.2 Å². The molecule has 1 aromatic heterocycles. The lowest BCUT2D eigenvalue weighted by Crippen LogP contribution is -2.44. The molecule has 7 nitrogen and oxygen atoms in total. The van der Waals surface area contributed by atoms with Gasteiger partial charge in [-0.3, -0.25) is 9.59 Å². The van der Waals surface area contributed by atoms with Crippen LogP contribution in [0.2, 0.25) is 0 Å². The summed E-state index contributed by atoms with van der Waals surface area (Å²) < 4.78 is 4.70. The number of esters is 1. The monoisotopic (exact) mass is 446 g/mol. The van der Waals surface area contributed by atoms with E-state index in [1.165, 1.54) is 7.11 Å². The van der Waals surface area contributed by atoms with Gasteiger partial charge in [0.2, 0.25) is 0 Å². The maximum atomic E-state index is 12.5. The molecular formula is C20H32Cl2N4O3. The molecule has 1 saturated carbocycles. The Morgan fingerprint density at radius 3 is 2.45 bits per heavy atom. The first-order chi connectivity index (χ1) is 13.2. The summed E-state index contributed by atoms with van der Waals surface area (Å²) in [5.41, 5.74) is 0.613. The Morgan fingerprint density at radius 2 is 1.86 bits per heavy atom. The van der Waals surface area contributed by atoms with E-state index in [1.807, 2.05) is 12.1 Å². The number of halogens is 2. The van der Waals surface area contributed by atoms with Gasteiger partial charge < -0.3 is 20.3 Å². The molecule has 164 valence electrons. The van der Waals surface area contributed by atoms with Gasteiger partial charge in [-0.15, -0.1) is 24.8 Å². The fourth-order valence-corrected chi connectivity index (χ4v) is 3.89. The number of carbonyl (C=O) groups is 2. The summed E-state index contributed by atoms with van der Waals surface area (Å²) in [4.78, 5) is 30.5. The highest BCUT2D eigenvalue weighted by molar-refractivity contribution is 5.94. The van der Waals surface area contributed by atoms with E-state index in [0.717, 1.165) is 64.1 Å². The molecule has 2 aliphatic rings. The third-order valence-corrected chi connectivity index (χ3v) is 5.62. The van der Waals surface area contributed by atoms with Crippen molar-refractivity contribution in [3.63, 3.8) is 0 Å². The smallest absolute Gasteiger partial charge is 0.305 e. The van der Waals surface area contributed by atoms with Crippen LogP contribution in [0.25, 0.3) is 0 Å². The molecule has 29 heavy (non-hydrogen) atoms. The van der Waals surface area contributed by atoms with Crippen molar-refractivity contribution >= 4 is 42.5 Å². The molecule has 0 atom stereocenters. The highest BCUT2D eigenvalue weighted by Crippen LogP contribution is 2.28. The van der Waals surface area contributed by atoms with Crippen LogP contribution in [0.5, 0.6) is 0 Å². The predicted octanol–water partition coefficient (Wildman–Crippen LogP) is 2.58. The van der Waals surface area contributed by atoms with Crippen LogP contribution in [0, 0.1) is 5.92 Å². The number of hydrogen-bond donors (Lipinski definition) is 2. The van der Waals surface area contributed by atoms with E-state index in [9.17, 15) is 9.59 Å². The summed E-state index contributed by atoms with van der Waals surface area (Å²) in [6.07, 6.45) is 7.06. The lowest BCUT2D eigenvalue weighted by molar-refractivity contribution is -0.141. The number of nitrogens with zero attached hydrogens (tertiary/aromatic N) is 2. The van der Waals surface area contributed by atoms with Crippen molar-refractivity contribution < 1.29 is 14.3 Å². The van der Waals surface area contributed by atoms with Gasteiger partial charge in [-0.25, -0.2) is 4.98 Å². The maximum Gasteiger partial charge on any atom is 0.305 e. The number of anilines is 1. The summed E-state index contributed by atoms with van der Waals surface area (Å²) >= 11 is 0. The molecule has 1 aliphatic carbocycles. The summed E-state index contributed by atoms with van der Waals surface area (Å²) in [5.74, 6) is 1.30. The molecule has 2 heterocycles. The van der Waals surface area contributed by atoms with E-state index < -0.39 is 0 Å². The van der Waals surface area contributed by atoms with Crippen molar-refractivity contribution in [2.75, 3.05) is 38.2 Å². The Hall–Kier alpha value is -1.57. The molecule has 1 aromatic rings. The van der Waals surface area contributed by atoms with Gasteiger partial charge in [-0.1, -0.05) is 0 Å². The number of aromatic nitrogens is 1. The molecule has 1 amide bonds. The van der Waals surface area contributed by atoms with Gasteiger partial charge in [-0.2, -0.15) is 0 Å². The van der Waals surface area contributed by atoms with Crippen LogP contribution in [-0.4, -0.2) is 56.2 Å². The van der Waals surface area contributed by atoms with Crippen molar-refractivity contribution in [3.8, 4) is 0 Å². The molecule has 0 bridgehead atoms. The topological polar surface area (TPSA) is 83.6 Å². The third kappa shape index (κ3) is 7.64. The first-order valence-corrected chi connectivity index (χ1v) is 9.95. The number of amides is 1. The number of methoxy groups -OCH3 is 1. The van der Waals surface area contributed by atoms with Crippen LogP contribution >= 0.6 is 24.8 Å². The molecule has 0 spiro atoms. The van der Waals surface area contributed by atoms with Crippen LogP contribution in [0.3, 0.4) is 0 Å². The minimum Gasteiger partial charge on any atom is -0.469 e. The van der Waals surface area contributed by atoms with Crippen molar-refractivity contribution in [1.82, 2.24) is 15.6 Å². The highest BCUT2D eigenvalue weighted by Gasteiger charge is 2.23. The fourth-order valence-electron chi connectivity index (χ4n) is 3.89. The number of ether oxygens (including phenoxy) is 1. The van der Waals surface area contributed by atoms with E-state index in [4.69, 9.17) is 4.74 Å². The van der Waals surface area contributed by atoms with E-state index in [2.05, 4.69) is 20.5 Å². The zero-order valence-corrected chi connectivity index (χ0v) is 18.5. The SMILES string of the molecule is COC(=O)CCC1CCC(NC(=O)c2ccc(N3CCNCC3)nc2)CC1.Cl.Cl. The van der Waals surface area contributed by atoms with E-state index in [0.29, 0.717) is 17.9 Å². The predicted molar refractivity (Wildman–Crippen MR) is 118 cm³/mol. The fraction of sp³-hybridized carbons (Fsp3) is 0.650. The van der Waals surface area contributed by atoms with Gasteiger partial charge >= 0.3 is 5.97 Å². The average Bonchev–Trinajstić information content (AvgIpc) is 2.73. The van der Waals surface area contributed by atoms with Crippen LogP contribution < -0.4 is 15.5 Å². The first-order valence-electron chi connectivity index (χ1n) is 9.95. The van der Waals surface area contributed by atoms with Crippen molar-refractivity contribution in [2.24, 2.45) is 5.92 Å². The molecule has 0 radical (unpaired) electrons. The second-order valence-corrected chi connectivity index (χ2v) is 7.45. The lowest BCUT2D eigenvalue weighted by Gasteiger charge is -2.29. The maximum absolute atomic E-state index is 12.5. The standard InChI is InChI=1S/C20H30N4O3.2ClH/c1-27-19(25)9-4-15-2-6-17(7-3-15)23-20(26)16-5-8-18(22-14-16)24-12-10-21-11-13-24;;/h5,8,14-15,17,21H,2-4,6-7,9-13H2,1H3,(H,23,26);2*1H. The number of piperazine rings is 1. The summed E-state index contributed by atoms with van der Waals surface area (Å²) in [6, 6.07) is 4.01. The molecule has 1 saturated heterocycles. The van der Waals surface area contributed by atoms with Crippen molar-refractivity contribution in [2.45, 2.75) is 44.6 Å². The second-order valence-electron chi connectivity index (χ2n) is 7.45. The van der Waals surface area contributed by atoms with Crippen LogP contribution in [0.1, 0.15) is 48.9 Å². The zero-order valence-electron chi connectivity index (χ0n) is 16.9. The van der Waals surface area contributed by atoms with E-state index in [-0.39, 0.29) is 42.7 Å². The number of rotatable bonds is 6. The Labute approximate surface area is 185 Å². The first kappa shape index (κ1) is 25.5. The van der Waals surface area contributed by atoms with E-state index >= 15 is 0 Å². The summed E-state index contributed by atoms with van der Waals surface area (Å²) in [7, 11) is 1.43. The normalized spacial score (nSPS) is 21.3. The van der Waals surface area contributed by atoms with Gasteiger partial charge in [0.25, 0.3) is 5.91 Å². The van der Waals surface area contributed by atoms with Gasteiger partial charge in [0.05, 0.1) is 12.7 Å². The molecule has 2 fully saturated rings. The summed E-state index contributed by atoms with van der Waals surface area (Å²) in [5, 5.41) is 6.46. The van der Waals surface area contributed by atoms with Crippen LogP contribution in [0.4, 0.5) is 5.82 Å². The van der Waals surface area contributed by atoms with E-state index in [1.54, 1.807) is 6.20 Å². The Balaban J connectivity index is 0.00000210. The lowest BCUT2D eigenvalue weighted by atomic mass is 9.83. The average molecular weight is 447 g/mol. The van der Waals surface area contributed by atoms with Gasteiger partial charge in [0.1, 0.15) is 5.82 Å². The van der Waals surface area contributed by atoms with Gasteiger partial charge in [0, 0.05) is 44.8 Å². The molecule has 1 aliphatic heterocycles.